The number of carbonyl (C=O) groups is 2. The first-order chi connectivity index (χ1) is 14.6. The normalized spacial score (nSPS) is 18.6. The molecule has 0 radical (unpaired) electrons. The van der Waals surface area contributed by atoms with E-state index in [1.54, 1.807) is 25.7 Å². The van der Waals surface area contributed by atoms with E-state index >= 15 is 0 Å². The van der Waals surface area contributed by atoms with Crippen LogP contribution < -0.4 is 10.2 Å². The number of amides is 1. The lowest BCUT2D eigenvalue weighted by Gasteiger charge is -2.24. The molecule has 8 nitrogen and oxygen atoms in total. The van der Waals surface area contributed by atoms with E-state index in [1.807, 2.05) is 0 Å². The minimum absolute atomic E-state index is 0.134. The molecule has 2 heterocycles. The highest BCUT2D eigenvalue weighted by Crippen LogP contribution is 2.32. The number of methoxy groups -OCH3 is 1. The highest BCUT2D eigenvalue weighted by molar-refractivity contribution is 5.88. The number of benzene rings is 1. The predicted octanol–water partition coefficient (Wildman–Crippen LogP) is 3.04. The molecule has 0 aliphatic carbocycles. The summed E-state index contributed by atoms with van der Waals surface area (Å²) in [5.74, 6) is -2.03. The van der Waals surface area contributed by atoms with Gasteiger partial charge in [0.2, 0.25) is 5.95 Å². The standard InChI is InChI=1S/C21H24F2N4O4/c1-21(2,3)31-20(29)26-17-11-27(19-24-8-12(9-25-19)18(28)30-4)10-15(17)14-7-13(22)5-6-16(14)23/h5-9,15,17H,10-11H2,1-4H3,(H,26,29). The van der Waals surface area contributed by atoms with E-state index in [2.05, 4.69) is 20.0 Å². The van der Waals surface area contributed by atoms with Crippen LogP contribution >= 0.6 is 0 Å². The maximum Gasteiger partial charge on any atom is 0.407 e. The zero-order valence-corrected chi connectivity index (χ0v) is 17.7. The Morgan fingerprint density at radius 2 is 1.84 bits per heavy atom. The van der Waals surface area contributed by atoms with Gasteiger partial charge in [-0.05, 0) is 44.5 Å². The first kappa shape index (κ1) is 22.4. The summed E-state index contributed by atoms with van der Waals surface area (Å²) in [4.78, 5) is 34.0. The largest absolute Gasteiger partial charge is 0.465 e. The lowest BCUT2D eigenvalue weighted by Crippen LogP contribution is -2.43. The van der Waals surface area contributed by atoms with Gasteiger partial charge in [0.25, 0.3) is 0 Å². The molecule has 1 aliphatic heterocycles. The molecule has 10 heteroatoms. The van der Waals surface area contributed by atoms with Gasteiger partial charge in [0.15, 0.2) is 0 Å². The number of aromatic nitrogens is 2. The number of esters is 1. The number of carbonyl (C=O) groups excluding carboxylic acids is 2. The second-order valence-corrected chi connectivity index (χ2v) is 8.19. The van der Waals surface area contributed by atoms with Crippen molar-refractivity contribution in [2.45, 2.75) is 38.3 Å². The summed E-state index contributed by atoms with van der Waals surface area (Å²) < 4.78 is 38.3. The van der Waals surface area contributed by atoms with Crippen LogP contribution in [0.5, 0.6) is 0 Å². The number of halogens is 2. The van der Waals surface area contributed by atoms with E-state index in [1.165, 1.54) is 19.5 Å². The molecule has 1 amide bonds. The Labute approximate surface area is 178 Å². The van der Waals surface area contributed by atoms with Crippen LogP contribution in [-0.2, 0) is 9.47 Å². The Morgan fingerprint density at radius 3 is 2.45 bits per heavy atom. The fourth-order valence-electron chi connectivity index (χ4n) is 3.39. The van der Waals surface area contributed by atoms with Gasteiger partial charge in [-0.15, -0.1) is 0 Å². The van der Waals surface area contributed by atoms with Gasteiger partial charge in [0.05, 0.1) is 18.7 Å². The van der Waals surface area contributed by atoms with E-state index < -0.39 is 41.3 Å². The molecule has 31 heavy (non-hydrogen) atoms. The van der Waals surface area contributed by atoms with Crippen molar-refractivity contribution in [2.75, 3.05) is 25.1 Å². The van der Waals surface area contributed by atoms with Crippen LogP contribution in [0, 0.1) is 11.6 Å². The molecule has 1 aromatic heterocycles. The Bertz CT molecular complexity index is 963. The Balaban J connectivity index is 1.86. The number of hydrogen-bond acceptors (Lipinski definition) is 7. The number of nitrogens with zero attached hydrogens (tertiary/aromatic N) is 3. The average Bonchev–Trinajstić information content (AvgIpc) is 3.11. The fourth-order valence-corrected chi connectivity index (χ4v) is 3.39. The smallest absolute Gasteiger partial charge is 0.407 e. The van der Waals surface area contributed by atoms with Gasteiger partial charge in [-0.3, -0.25) is 0 Å². The quantitative estimate of drug-likeness (QED) is 0.740. The molecule has 1 fully saturated rings. The number of alkyl carbamates (subject to hydrolysis) is 1. The van der Waals surface area contributed by atoms with E-state index in [0.717, 1.165) is 18.2 Å². The van der Waals surface area contributed by atoms with Crippen molar-refractivity contribution in [1.82, 2.24) is 15.3 Å². The summed E-state index contributed by atoms with van der Waals surface area (Å²) in [6.07, 6.45) is 1.98. The molecule has 0 bridgehead atoms. The lowest BCUT2D eigenvalue weighted by atomic mass is 9.94. The van der Waals surface area contributed by atoms with E-state index in [9.17, 15) is 18.4 Å². The highest BCUT2D eigenvalue weighted by atomic mass is 19.1. The van der Waals surface area contributed by atoms with Gasteiger partial charge >= 0.3 is 12.1 Å². The average molecular weight is 434 g/mol. The van der Waals surface area contributed by atoms with Crippen molar-refractivity contribution in [1.29, 1.82) is 0 Å². The summed E-state index contributed by atoms with van der Waals surface area (Å²) in [6, 6.07) is 2.62. The first-order valence-corrected chi connectivity index (χ1v) is 9.67. The number of ether oxygens (including phenoxy) is 2. The van der Waals surface area contributed by atoms with Gasteiger partial charge < -0.3 is 19.7 Å². The Kier molecular flexibility index (Phi) is 6.37. The second-order valence-electron chi connectivity index (χ2n) is 8.19. The number of anilines is 1. The highest BCUT2D eigenvalue weighted by Gasteiger charge is 2.38. The Morgan fingerprint density at radius 1 is 1.16 bits per heavy atom. The molecule has 3 rings (SSSR count). The predicted molar refractivity (Wildman–Crippen MR) is 108 cm³/mol. The number of rotatable bonds is 4. The van der Waals surface area contributed by atoms with Crippen molar-refractivity contribution < 1.29 is 27.8 Å². The zero-order valence-electron chi connectivity index (χ0n) is 17.7. The van der Waals surface area contributed by atoms with Crippen LogP contribution in [0.1, 0.15) is 42.6 Å². The van der Waals surface area contributed by atoms with Crippen molar-refractivity contribution >= 4 is 18.0 Å². The van der Waals surface area contributed by atoms with Gasteiger partial charge in [-0.2, -0.15) is 0 Å². The molecule has 1 saturated heterocycles. The number of nitrogens with one attached hydrogen (secondary N) is 1. The summed E-state index contributed by atoms with van der Waals surface area (Å²) in [7, 11) is 1.25. The van der Waals surface area contributed by atoms with Crippen LogP contribution in [0.4, 0.5) is 19.5 Å². The molecular weight excluding hydrogens is 410 g/mol. The maximum absolute atomic E-state index is 14.5. The third-order valence-corrected chi connectivity index (χ3v) is 4.72. The van der Waals surface area contributed by atoms with E-state index in [4.69, 9.17) is 4.74 Å². The van der Waals surface area contributed by atoms with Crippen LogP contribution in [0.15, 0.2) is 30.6 Å². The molecule has 166 valence electrons. The van der Waals surface area contributed by atoms with Crippen LogP contribution in [-0.4, -0.2) is 53.9 Å². The summed E-state index contributed by atoms with van der Waals surface area (Å²) in [6.45, 7) is 5.64. The van der Waals surface area contributed by atoms with Gasteiger partial charge in [0.1, 0.15) is 17.2 Å². The zero-order chi connectivity index (χ0) is 22.8. The second kappa shape index (κ2) is 8.83. The lowest BCUT2D eigenvalue weighted by molar-refractivity contribution is 0.0503. The molecule has 2 unspecified atom stereocenters. The van der Waals surface area contributed by atoms with Crippen molar-refractivity contribution in [3.63, 3.8) is 0 Å². The maximum atomic E-state index is 14.5. The summed E-state index contributed by atoms with van der Waals surface area (Å²) in [5, 5.41) is 2.75. The van der Waals surface area contributed by atoms with E-state index in [0.29, 0.717) is 0 Å². The van der Waals surface area contributed by atoms with Gasteiger partial charge in [-0.1, -0.05) is 0 Å². The molecular formula is C21H24F2N4O4. The van der Waals surface area contributed by atoms with Gasteiger partial charge in [-0.25, -0.2) is 28.3 Å². The molecule has 1 N–H and O–H groups in total. The van der Waals surface area contributed by atoms with Crippen LogP contribution in [0.25, 0.3) is 0 Å². The van der Waals surface area contributed by atoms with Gasteiger partial charge in [0, 0.05) is 31.4 Å². The van der Waals surface area contributed by atoms with Crippen molar-refractivity contribution in [3.8, 4) is 0 Å². The minimum atomic E-state index is -0.713. The van der Waals surface area contributed by atoms with Crippen LogP contribution in [0.2, 0.25) is 0 Å². The topological polar surface area (TPSA) is 93.7 Å². The molecule has 2 aromatic rings. The summed E-state index contributed by atoms with van der Waals surface area (Å²) >= 11 is 0. The van der Waals surface area contributed by atoms with Crippen molar-refractivity contribution in [3.05, 3.63) is 53.4 Å². The van der Waals surface area contributed by atoms with Crippen LogP contribution in [0.3, 0.4) is 0 Å². The third-order valence-electron chi connectivity index (χ3n) is 4.72. The molecule has 0 saturated carbocycles. The summed E-state index contributed by atoms with van der Waals surface area (Å²) in [5.41, 5.74) is -0.397. The fraction of sp³-hybridized carbons (Fsp3) is 0.429. The minimum Gasteiger partial charge on any atom is -0.465 e. The molecule has 1 aromatic carbocycles. The molecule has 0 spiro atoms. The SMILES string of the molecule is COC(=O)c1cnc(N2CC(NC(=O)OC(C)(C)C)C(c3cc(F)ccc3F)C2)nc1. The van der Waals surface area contributed by atoms with E-state index in [-0.39, 0.29) is 30.2 Å². The molecule has 1 aliphatic rings. The van der Waals surface area contributed by atoms with Crippen molar-refractivity contribution in [2.24, 2.45) is 0 Å². The monoisotopic (exact) mass is 434 g/mol. The third kappa shape index (κ3) is 5.44. The number of hydrogen-bond donors (Lipinski definition) is 1. The molecule has 2 atom stereocenters. The first-order valence-electron chi connectivity index (χ1n) is 9.67. The Hall–Kier alpha value is -3.30.